The summed E-state index contributed by atoms with van der Waals surface area (Å²) in [6, 6.07) is 0. The van der Waals surface area contributed by atoms with Gasteiger partial charge in [0.15, 0.2) is 0 Å². The van der Waals surface area contributed by atoms with E-state index in [4.69, 9.17) is 4.18 Å². The maximum Gasteiger partial charge on any atom is 0.0694 e. The maximum atomic E-state index is 5.48. The molecule has 1 rings (SSSR count). The van der Waals surface area contributed by atoms with E-state index < -0.39 is 0 Å². The van der Waals surface area contributed by atoms with E-state index in [-0.39, 0.29) is 0 Å². The standard InChI is InChI=1S/C12H25NOS/c1-10(14-15-5)6-7-11-8-12(2,3)13(4)9-11/h10-11H,6-9H2,1-5H3. The van der Waals surface area contributed by atoms with Crippen LogP contribution in [0.2, 0.25) is 0 Å². The van der Waals surface area contributed by atoms with Crippen molar-refractivity contribution in [3.05, 3.63) is 0 Å². The zero-order chi connectivity index (χ0) is 11.5. The first-order valence-electron chi connectivity index (χ1n) is 5.86. The second-order valence-corrected chi connectivity index (χ2v) is 5.94. The molecule has 1 saturated heterocycles. The van der Waals surface area contributed by atoms with Crippen molar-refractivity contribution in [2.75, 3.05) is 19.8 Å². The Morgan fingerprint density at radius 1 is 1.53 bits per heavy atom. The van der Waals surface area contributed by atoms with Gasteiger partial charge in [-0.2, -0.15) is 0 Å². The summed E-state index contributed by atoms with van der Waals surface area (Å²) in [6.07, 6.45) is 6.21. The van der Waals surface area contributed by atoms with Gasteiger partial charge in [0, 0.05) is 18.3 Å². The van der Waals surface area contributed by atoms with E-state index in [1.54, 1.807) is 0 Å². The summed E-state index contributed by atoms with van der Waals surface area (Å²) < 4.78 is 5.48. The summed E-state index contributed by atoms with van der Waals surface area (Å²) in [5, 5.41) is 0. The SMILES string of the molecule is CSOC(C)CCC1CN(C)C(C)(C)C1. The summed E-state index contributed by atoms with van der Waals surface area (Å²) in [4.78, 5) is 2.48. The Kier molecular flexibility index (Phi) is 4.94. The Balaban J connectivity index is 2.24. The zero-order valence-electron chi connectivity index (χ0n) is 10.7. The predicted octanol–water partition coefficient (Wildman–Crippen LogP) is 3.18. The van der Waals surface area contributed by atoms with Crippen LogP contribution in [0.15, 0.2) is 0 Å². The number of likely N-dealkylation sites (tertiary alicyclic amines) is 1. The molecule has 0 amide bonds. The third kappa shape index (κ3) is 3.97. The van der Waals surface area contributed by atoms with Crippen LogP contribution in [0.3, 0.4) is 0 Å². The number of nitrogens with zero attached hydrogens (tertiary/aromatic N) is 1. The Hall–Kier alpha value is 0.270. The molecule has 0 aromatic carbocycles. The fourth-order valence-corrected chi connectivity index (χ4v) is 2.86. The average molecular weight is 231 g/mol. The van der Waals surface area contributed by atoms with Gasteiger partial charge in [-0.15, -0.1) is 0 Å². The van der Waals surface area contributed by atoms with E-state index in [0.717, 1.165) is 5.92 Å². The van der Waals surface area contributed by atoms with Gasteiger partial charge in [0.05, 0.1) is 6.10 Å². The van der Waals surface area contributed by atoms with Crippen LogP contribution in [0.25, 0.3) is 0 Å². The van der Waals surface area contributed by atoms with Gasteiger partial charge in [0.1, 0.15) is 0 Å². The number of rotatable bonds is 5. The molecule has 0 N–H and O–H groups in total. The summed E-state index contributed by atoms with van der Waals surface area (Å²) in [5.74, 6) is 0.859. The van der Waals surface area contributed by atoms with E-state index in [1.165, 1.54) is 37.8 Å². The van der Waals surface area contributed by atoms with Crippen molar-refractivity contribution in [2.24, 2.45) is 5.92 Å². The minimum Gasteiger partial charge on any atom is -0.313 e. The second kappa shape index (κ2) is 5.55. The van der Waals surface area contributed by atoms with Crippen molar-refractivity contribution in [1.29, 1.82) is 0 Å². The molecule has 15 heavy (non-hydrogen) atoms. The van der Waals surface area contributed by atoms with Crippen LogP contribution in [0.5, 0.6) is 0 Å². The molecule has 0 aromatic heterocycles. The molecule has 1 aliphatic rings. The van der Waals surface area contributed by atoms with Crippen LogP contribution in [-0.2, 0) is 4.18 Å². The first kappa shape index (κ1) is 13.3. The van der Waals surface area contributed by atoms with Gasteiger partial charge in [-0.05, 0) is 65.0 Å². The highest BCUT2D eigenvalue weighted by Gasteiger charge is 2.35. The Morgan fingerprint density at radius 3 is 2.67 bits per heavy atom. The molecular weight excluding hydrogens is 206 g/mol. The molecule has 0 spiro atoms. The second-order valence-electron chi connectivity index (χ2n) is 5.41. The first-order valence-corrected chi connectivity index (χ1v) is 7.01. The average Bonchev–Trinajstić information content (AvgIpc) is 2.38. The van der Waals surface area contributed by atoms with Gasteiger partial charge >= 0.3 is 0 Å². The predicted molar refractivity (Wildman–Crippen MR) is 68.1 cm³/mol. The third-order valence-electron chi connectivity index (χ3n) is 3.60. The summed E-state index contributed by atoms with van der Waals surface area (Å²) in [6.45, 7) is 8.10. The van der Waals surface area contributed by atoms with Gasteiger partial charge in [-0.1, -0.05) is 0 Å². The van der Waals surface area contributed by atoms with Gasteiger partial charge in [0.2, 0.25) is 0 Å². The van der Waals surface area contributed by atoms with Gasteiger partial charge in [-0.25, -0.2) is 0 Å². The molecule has 1 aliphatic heterocycles. The molecule has 0 bridgehead atoms. The fraction of sp³-hybridized carbons (Fsp3) is 1.00. The van der Waals surface area contributed by atoms with Crippen molar-refractivity contribution in [3.63, 3.8) is 0 Å². The monoisotopic (exact) mass is 231 g/mol. The third-order valence-corrected chi connectivity index (χ3v) is 4.12. The van der Waals surface area contributed by atoms with E-state index in [1.807, 2.05) is 6.26 Å². The highest BCUT2D eigenvalue weighted by Crippen LogP contribution is 2.33. The summed E-state index contributed by atoms with van der Waals surface area (Å²) in [5.41, 5.74) is 0.397. The van der Waals surface area contributed by atoms with Crippen molar-refractivity contribution < 1.29 is 4.18 Å². The lowest BCUT2D eigenvalue weighted by Crippen LogP contribution is -2.34. The van der Waals surface area contributed by atoms with Crippen LogP contribution >= 0.6 is 12.0 Å². The van der Waals surface area contributed by atoms with Gasteiger partial charge in [0.25, 0.3) is 0 Å². The van der Waals surface area contributed by atoms with Gasteiger partial charge in [-0.3, -0.25) is 0 Å². The Bertz CT molecular complexity index is 196. The number of hydrogen-bond donors (Lipinski definition) is 0. The van der Waals surface area contributed by atoms with Crippen LogP contribution in [0.1, 0.15) is 40.0 Å². The molecule has 0 aromatic rings. The number of hydrogen-bond acceptors (Lipinski definition) is 3. The van der Waals surface area contributed by atoms with Crippen LogP contribution in [0, 0.1) is 5.92 Å². The lowest BCUT2D eigenvalue weighted by atomic mass is 9.93. The van der Waals surface area contributed by atoms with Crippen LogP contribution < -0.4 is 0 Å². The van der Waals surface area contributed by atoms with Crippen LogP contribution in [0.4, 0.5) is 0 Å². The molecule has 90 valence electrons. The smallest absolute Gasteiger partial charge is 0.0694 e. The largest absolute Gasteiger partial charge is 0.313 e. The molecule has 2 unspecified atom stereocenters. The minimum atomic E-state index is 0.397. The lowest BCUT2D eigenvalue weighted by molar-refractivity contribution is 0.218. The van der Waals surface area contributed by atoms with E-state index in [9.17, 15) is 0 Å². The minimum absolute atomic E-state index is 0.397. The van der Waals surface area contributed by atoms with Crippen molar-refractivity contribution in [1.82, 2.24) is 4.90 Å². The topological polar surface area (TPSA) is 12.5 Å². The molecule has 0 radical (unpaired) electrons. The summed E-state index contributed by atoms with van der Waals surface area (Å²) >= 11 is 1.48. The fourth-order valence-electron chi connectivity index (χ4n) is 2.44. The quantitative estimate of drug-likeness (QED) is 0.674. The lowest BCUT2D eigenvalue weighted by Gasteiger charge is -2.26. The Morgan fingerprint density at radius 2 is 2.20 bits per heavy atom. The molecule has 3 heteroatoms. The molecule has 0 saturated carbocycles. The van der Waals surface area contributed by atoms with Crippen molar-refractivity contribution in [3.8, 4) is 0 Å². The first-order chi connectivity index (χ1) is 6.95. The molecule has 2 atom stereocenters. The highest BCUT2D eigenvalue weighted by molar-refractivity contribution is 7.93. The molecule has 2 nitrogen and oxygen atoms in total. The van der Waals surface area contributed by atoms with Gasteiger partial charge < -0.3 is 9.08 Å². The maximum absolute atomic E-state index is 5.48. The van der Waals surface area contributed by atoms with Crippen molar-refractivity contribution >= 4 is 12.0 Å². The van der Waals surface area contributed by atoms with E-state index in [0.29, 0.717) is 11.6 Å². The highest BCUT2D eigenvalue weighted by atomic mass is 32.2. The van der Waals surface area contributed by atoms with E-state index in [2.05, 4.69) is 32.7 Å². The van der Waals surface area contributed by atoms with Crippen molar-refractivity contribution in [2.45, 2.75) is 51.7 Å². The van der Waals surface area contributed by atoms with Crippen LogP contribution in [-0.4, -0.2) is 36.4 Å². The molecular formula is C12H25NOS. The molecule has 1 fully saturated rings. The normalized spacial score (nSPS) is 28.2. The zero-order valence-corrected chi connectivity index (χ0v) is 11.6. The molecule has 1 heterocycles. The summed E-state index contributed by atoms with van der Waals surface area (Å²) in [7, 11) is 2.24. The molecule has 0 aliphatic carbocycles. The van der Waals surface area contributed by atoms with E-state index >= 15 is 0 Å². The Labute approximate surface area is 99.0 Å².